The van der Waals surface area contributed by atoms with Crippen LogP contribution in [0.15, 0.2) is 68.1 Å². The predicted molar refractivity (Wildman–Crippen MR) is 135 cm³/mol. The molecule has 0 amide bonds. The number of benzene rings is 3. The monoisotopic (exact) mass is 472 g/mol. The minimum absolute atomic E-state index is 0.962. The van der Waals surface area contributed by atoms with Crippen LogP contribution >= 0.6 is 58.8 Å². The molecule has 0 saturated heterocycles. The van der Waals surface area contributed by atoms with Gasteiger partial charge in [0.15, 0.2) is 0 Å². The highest BCUT2D eigenvalue weighted by Crippen LogP contribution is 2.47. The number of hydrogen-bond acceptors (Lipinski definition) is 7. The van der Waals surface area contributed by atoms with Gasteiger partial charge in [0, 0.05) is 30.7 Å². The molecule has 148 valence electrons. The molecule has 7 heteroatoms. The van der Waals surface area contributed by atoms with Crippen LogP contribution in [-0.4, -0.2) is 33.8 Å². The Kier molecular flexibility index (Phi) is 6.81. The summed E-state index contributed by atoms with van der Waals surface area (Å²) < 4.78 is 9.08. The molecule has 0 bridgehead atoms. The van der Waals surface area contributed by atoms with E-state index in [1.165, 1.54) is 53.6 Å². The van der Waals surface area contributed by atoms with E-state index in [0.29, 0.717) is 0 Å². The van der Waals surface area contributed by atoms with Gasteiger partial charge in [-0.25, -0.2) is 0 Å². The molecule has 1 aromatic heterocycles. The predicted octanol–water partition coefficient (Wildman–Crippen LogP) is 7.91. The lowest BCUT2D eigenvalue weighted by atomic mass is 9.93. The minimum Gasteiger partial charge on any atom is -0.173 e. The third kappa shape index (κ3) is 3.95. The van der Waals surface area contributed by atoms with E-state index < -0.39 is 0 Å². The average molecular weight is 473 g/mol. The molecule has 0 saturated carbocycles. The van der Waals surface area contributed by atoms with Gasteiger partial charge in [-0.1, -0.05) is 12.1 Å². The average Bonchev–Trinajstić information content (AvgIpc) is 3.24. The van der Waals surface area contributed by atoms with Gasteiger partial charge in [-0.05, 0) is 72.5 Å². The van der Waals surface area contributed by atoms with Crippen molar-refractivity contribution >= 4 is 69.8 Å². The smallest absolute Gasteiger partial charge is 0.105 e. The van der Waals surface area contributed by atoms with Crippen LogP contribution in [0.1, 0.15) is 0 Å². The molecule has 1 heterocycles. The molecule has 0 spiro atoms. The lowest BCUT2D eigenvalue weighted by Crippen LogP contribution is -1.94. The molecule has 0 radical (unpaired) electrons. The standard InChI is InChI=1S/C22H20N2S5/c1-25-17-7-5-8-18(26-2)21(17)13-11-15-16(24-29-23-15)12-14(13)22-19(27-3)9-6-10-20(22)28-4/h5-12H,1-4H3. The molecule has 0 aliphatic carbocycles. The normalized spacial score (nSPS) is 11.3. The maximum absolute atomic E-state index is 4.54. The topological polar surface area (TPSA) is 25.8 Å². The first kappa shape index (κ1) is 21.1. The lowest BCUT2D eigenvalue weighted by Gasteiger charge is -2.19. The van der Waals surface area contributed by atoms with Crippen LogP contribution in [-0.2, 0) is 0 Å². The van der Waals surface area contributed by atoms with Gasteiger partial charge in [0.1, 0.15) is 11.0 Å². The zero-order valence-corrected chi connectivity index (χ0v) is 20.6. The van der Waals surface area contributed by atoms with E-state index >= 15 is 0 Å². The second kappa shape index (κ2) is 9.35. The van der Waals surface area contributed by atoms with E-state index in [4.69, 9.17) is 0 Å². The molecule has 0 unspecified atom stereocenters. The Labute approximate surface area is 193 Å². The summed E-state index contributed by atoms with van der Waals surface area (Å²) in [6.45, 7) is 0. The van der Waals surface area contributed by atoms with Crippen molar-refractivity contribution in [1.82, 2.24) is 8.75 Å². The fraction of sp³-hybridized carbons (Fsp3) is 0.182. The minimum atomic E-state index is 0.962. The molecule has 4 rings (SSSR count). The largest absolute Gasteiger partial charge is 0.173 e. The van der Waals surface area contributed by atoms with Crippen molar-refractivity contribution in [3.05, 3.63) is 48.5 Å². The Morgan fingerprint density at radius 3 is 1.24 bits per heavy atom. The van der Waals surface area contributed by atoms with E-state index in [-0.39, 0.29) is 0 Å². The number of hydrogen-bond donors (Lipinski definition) is 0. The Morgan fingerprint density at radius 1 is 0.586 bits per heavy atom. The first-order valence-electron chi connectivity index (χ1n) is 8.90. The number of fused-ring (bicyclic) bond motifs is 1. The van der Waals surface area contributed by atoms with E-state index in [2.05, 4.69) is 82.3 Å². The van der Waals surface area contributed by atoms with Gasteiger partial charge < -0.3 is 0 Å². The third-order valence-corrected chi connectivity index (χ3v) is 8.46. The summed E-state index contributed by atoms with van der Waals surface area (Å²) in [5.74, 6) is 0. The SMILES string of the molecule is CSc1cccc(SC)c1-c1cc2nsnc2cc1-c1c(SC)cccc1SC. The van der Waals surface area contributed by atoms with Crippen LogP contribution in [0.3, 0.4) is 0 Å². The third-order valence-electron chi connectivity index (χ3n) is 4.79. The highest BCUT2D eigenvalue weighted by molar-refractivity contribution is 8.00. The summed E-state index contributed by atoms with van der Waals surface area (Å²) in [4.78, 5) is 5.14. The van der Waals surface area contributed by atoms with E-state index in [1.807, 2.05) is 0 Å². The van der Waals surface area contributed by atoms with Crippen LogP contribution < -0.4 is 0 Å². The molecule has 0 atom stereocenters. The van der Waals surface area contributed by atoms with Crippen LogP contribution in [0.2, 0.25) is 0 Å². The Bertz CT molecular complexity index is 1040. The molecule has 0 aliphatic rings. The van der Waals surface area contributed by atoms with Crippen molar-refractivity contribution < 1.29 is 0 Å². The zero-order chi connectivity index (χ0) is 20.4. The van der Waals surface area contributed by atoms with Crippen LogP contribution in [0, 0.1) is 0 Å². The quantitative estimate of drug-likeness (QED) is 0.264. The fourth-order valence-electron chi connectivity index (χ4n) is 3.48. The van der Waals surface area contributed by atoms with Crippen LogP contribution in [0.5, 0.6) is 0 Å². The zero-order valence-electron chi connectivity index (χ0n) is 16.6. The maximum atomic E-state index is 4.54. The van der Waals surface area contributed by atoms with Gasteiger partial charge in [-0.2, -0.15) is 8.75 Å². The summed E-state index contributed by atoms with van der Waals surface area (Å²) in [6.07, 6.45) is 8.59. The Morgan fingerprint density at radius 2 is 0.931 bits per heavy atom. The summed E-state index contributed by atoms with van der Waals surface area (Å²) in [6, 6.07) is 17.6. The van der Waals surface area contributed by atoms with Gasteiger partial charge in [-0.15, -0.1) is 47.0 Å². The first-order valence-corrected chi connectivity index (χ1v) is 14.5. The van der Waals surface area contributed by atoms with Crippen molar-refractivity contribution in [3.8, 4) is 22.3 Å². The van der Waals surface area contributed by atoms with Gasteiger partial charge in [0.25, 0.3) is 0 Å². The van der Waals surface area contributed by atoms with Crippen LogP contribution in [0.4, 0.5) is 0 Å². The van der Waals surface area contributed by atoms with E-state index in [9.17, 15) is 0 Å². The van der Waals surface area contributed by atoms with Crippen molar-refractivity contribution in [2.45, 2.75) is 19.6 Å². The highest BCUT2D eigenvalue weighted by atomic mass is 32.2. The summed E-state index contributed by atoms with van der Waals surface area (Å²) in [5.41, 5.74) is 6.97. The van der Waals surface area contributed by atoms with Gasteiger partial charge in [0.2, 0.25) is 0 Å². The fourth-order valence-corrected chi connectivity index (χ4v) is 6.67. The molecular formula is C22H20N2S5. The van der Waals surface area contributed by atoms with Crippen molar-refractivity contribution in [2.24, 2.45) is 0 Å². The van der Waals surface area contributed by atoms with Crippen molar-refractivity contribution in [1.29, 1.82) is 0 Å². The van der Waals surface area contributed by atoms with E-state index in [1.54, 1.807) is 47.0 Å². The highest BCUT2D eigenvalue weighted by Gasteiger charge is 2.20. The first-order chi connectivity index (χ1) is 14.2. The number of aromatic nitrogens is 2. The Hall–Kier alpha value is -1.12. The molecule has 4 aromatic rings. The Balaban J connectivity index is 2.14. The molecule has 2 nitrogen and oxygen atoms in total. The van der Waals surface area contributed by atoms with Gasteiger partial charge in [0.05, 0.1) is 11.7 Å². The summed E-state index contributed by atoms with van der Waals surface area (Å²) >= 11 is 8.46. The summed E-state index contributed by atoms with van der Waals surface area (Å²) in [7, 11) is 0. The second-order valence-corrected chi connectivity index (χ2v) is 10.1. The van der Waals surface area contributed by atoms with Crippen molar-refractivity contribution in [2.75, 3.05) is 25.0 Å². The number of thioether (sulfide) groups is 4. The van der Waals surface area contributed by atoms with Gasteiger partial charge >= 0.3 is 0 Å². The second-order valence-electron chi connectivity index (χ2n) is 6.23. The number of nitrogens with zero attached hydrogens (tertiary/aromatic N) is 2. The molecule has 0 fully saturated rings. The maximum Gasteiger partial charge on any atom is 0.105 e. The molecule has 3 aromatic carbocycles. The number of rotatable bonds is 6. The molecule has 29 heavy (non-hydrogen) atoms. The van der Waals surface area contributed by atoms with E-state index in [0.717, 1.165) is 11.0 Å². The lowest BCUT2D eigenvalue weighted by molar-refractivity contribution is 1.30. The van der Waals surface area contributed by atoms with Crippen LogP contribution in [0.25, 0.3) is 33.3 Å². The molecular weight excluding hydrogens is 453 g/mol. The van der Waals surface area contributed by atoms with Gasteiger partial charge in [-0.3, -0.25) is 0 Å². The van der Waals surface area contributed by atoms with Crippen molar-refractivity contribution in [3.63, 3.8) is 0 Å². The molecule has 0 N–H and O–H groups in total. The molecule has 0 aliphatic heterocycles. The summed E-state index contributed by atoms with van der Waals surface area (Å²) in [5, 5.41) is 0.